The largest absolute Gasteiger partial charge is 0.337 e. The van der Waals surface area contributed by atoms with Crippen LogP contribution < -0.4 is 5.73 Å². The maximum absolute atomic E-state index is 6.11. The number of nitrogens with zero attached hydrogens (tertiary/aromatic N) is 4. The van der Waals surface area contributed by atoms with E-state index in [-0.39, 0.29) is 0 Å². The molecule has 2 aromatic heterocycles. The Bertz CT molecular complexity index is 549. The summed E-state index contributed by atoms with van der Waals surface area (Å²) < 4.78 is 7.01. The summed E-state index contributed by atoms with van der Waals surface area (Å²) in [6.07, 6.45) is 3.58. The van der Waals surface area contributed by atoms with Gasteiger partial charge >= 0.3 is 0 Å². The van der Waals surface area contributed by atoms with E-state index in [1.165, 1.54) is 5.75 Å². The SMILES string of the molecule is Cn1cc(C(N)c2nc(C3CSCCS3)no2)cn1. The first-order valence-electron chi connectivity index (χ1n) is 6.01. The van der Waals surface area contributed by atoms with Crippen molar-refractivity contribution in [3.05, 3.63) is 29.7 Å². The molecule has 0 aromatic carbocycles. The zero-order valence-electron chi connectivity index (χ0n) is 10.5. The molecule has 19 heavy (non-hydrogen) atoms. The van der Waals surface area contributed by atoms with Gasteiger partial charge in [0.05, 0.1) is 11.4 Å². The normalized spacial score (nSPS) is 21.5. The average molecular weight is 297 g/mol. The second-order valence-corrected chi connectivity index (χ2v) is 6.81. The minimum absolute atomic E-state index is 0.317. The molecule has 2 N–H and O–H groups in total. The summed E-state index contributed by atoms with van der Waals surface area (Å²) in [5.74, 6) is 4.58. The molecule has 0 bridgehead atoms. The molecular weight excluding hydrogens is 282 g/mol. The number of nitrogens with two attached hydrogens (primary N) is 1. The lowest BCUT2D eigenvalue weighted by molar-refractivity contribution is 0.362. The lowest BCUT2D eigenvalue weighted by Crippen LogP contribution is -2.12. The molecule has 1 fully saturated rings. The average Bonchev–Trinajstić information content (AvgIpc) is 3.08. The number of hydrogen-bond donors (Lipinski definition) is 1. The van der Waals surface area contributed by atoms with Gasteiger partial charge in [0.15, 0.2) is 5.82 Å². The molecule has 2 atom stereocenters. The van der Waals surface area contributed by atoms with Gasteiger partial charge in [0.25, 0.3) is 0 Å². The highest BCUT2D eigenvalue weighted by Crippen LogP contribution is 2.35. The second-order valence-electron chi connectivity index (χ2n) is 4.35. The van der Waals surface area contributed by atoms with Crippen LogP contribution in [0.2, 0.25) is 0 Å². The van der Waals surface area contributed by atoms with Gasteiger partial charge < -0.3 is 10.3 Å². The standard InChI is InChI=1S/C11H15N5OS2/c1-16-5-7(4-13-16)9(12)11-14-10(15-17-11)8-6-18-2-3-19-8/h4-5,8-9H,2-3,6,12H2,1H3. The van der Waals surface area contributed by atoms with Crippen LogP contribution >= 0.6 is 23.5 Å². The van der Waals surface area contributed by atoms with Crippen LogP contribution in [0.4, 0.5) is 0 Å². The first-order chi connectivity index (χ1) is 9.24. The summed E-state index contributed by atoms with van der Waals surface area (Å²) in [4.78, 5) is 4.45. The maximum Gasteiger partial charge on any atom is 0.248 e. The highest BCUT2D eigenvalue weighted by Gasteiger charge is 2.24. The molecule has 3 heterocycles. The molecule has 0 amide bonds. The minimum Gasteiger partial charge on any atom is -0.337 e. The van der Waals surface area contributed by atoms with E-state index >= 15 is 0 Å². The summed E-state index contributed by atoms with van der Waals surface area (Å²) in [5.41, 5.74) is 6.99. The molecule has 6 nitrogen and oxygen atoms in total. The van der Waals surface area contributed by atoms with Crippen molar-refractivity contribution < 1.29 is 4.52 Å². The van der Waals surface area contributed by atoms with Crippen molar-refractivity contribution in [3.8, 4) is 0 Å². The third-order valence-electron chi connectivity index (χ3n) is 2.91. The van der Waals surface area contributed by atoms with Crippen LogP contribution in [-0.4, -0.2) is 37.2 Å². The van der Waals surface area contributed by atoms with Crippen LogP contribution in [0.5, 0.6) is 0 Å². The van der Waals surface area contributed by atoms with Crippen molar-refractivity contribution in [3.63, 3.8) is 0 Å². The molecule has 102 valence electrons. The highest BCUT2D eigenvalue weighted by molar-refractivity contribution is 8.06. The minimum atomic E-state index is -0.406. The fraction of sp³-hybridized carbons (Fsp3) is 0.545. The predicted octanol–water partition coefficient (Wildman–Crippen LogP) is 1.37. The van der Waals surface area contributed by atoms with Gasteiger partial charge in [0.2, 0.25) is 5.89 Å². The van der Waals surface area contributed by atoms with E-state index in [0.29, 0.717) is 11.1 Å². The monoisotopic (exact) mass is 297 g/mol. The van der Waals surface area contributed by atoms with E-state index in [4.69, 9.17) is 10.3 Å². The third kappa shape index (κ3) is 2.80. The van der Waals surface area contributed by atoms with Crippen molar-refractivity contribution in [2.45, 2.75) is 11.3 Å². The first-order valence-corrected chi connectivity index (χ1v) is 8.21. The van der Waals surface area contributed by atoms with Gasteiger partial charge in [0, 0.05) is 36.1 Å². The molecule has 2 unspecified atom stereocenters. The molecule has 0 radical (unpaired) electrons. The zero-order chi connectivity index (χ0) is 13.2. The fourth-order valence-corrected chi connectivity index (χ4v) is 4.47. The first kappa shape index (κ1) is 13.0. The van der Waals surface area contributed by atoms with Gasteiger partial charge in [0.1, 0.15) is 6.04 Å². The molecule has 1 aliphatic heterocycles. The van der Waals surface area contributed by atoms with Gasteiger partial charge in [-0.2, -0.15) is 21.8 Å². The third-order valence-corrected chi connectivity index (χ3v) is 5.66. The van der Waals surface area contributed by atoms with Gasteiger partial charge in [-0.05, 0) is 0 Å². The van der Waals surface area contributed by atoms with Crippen molar-refractivity contribution in [1.29, 1.82) is 0 Å². The molecule has 0 spiro atoms. The Morgan fingerprint density at radius 1 is 1.53 bits per heavy atom. The van der Waals surface area contributed by atoms with Gasteiger partial charge in [-0.3, -0.25) is 4.68 Å². The van der Waals surface area contributed by atoms with E-state index in [9.17, 15) is 0 Å². The van der Waals surface area contributed by atoms with Crippen molar-refractivity contribution in [2.24, 2.45) is 12.8 Å². The Labute approximate surface area is 119 Å². The number of thioether (sulfide) groups is 2. The van der Waals surface area contributed by atoms with Gasteiger partial charge in [-0.25, -0.2) is 0 Å². The Morgan fingerprint density at radius 2 is 2.42 bits per heavy atom. The summed E-state index contributed by atoms with van der Waals surface area (Å²) in [6, 6.07) is -0.406. The van der Waals surface area contributed by atoms with E-state index in [1.807, 2.05) is 36.8 Å². The number of aryl methyl sites for hydroxylation is 1. The summed E-state index contributed by atoms with van der Waals surface area (Å²) in [6.45, 7) is 0. The van der Waals surface area contributed by atoms with Crippen LogP contribution in [0.1, 0.15) is 28.6 Å². The lowest BCUT2D eigenvalue weighted by Gasteiger charge is -2.17. The molecule has 2 aromatic rings. The number of hydrogen-bond acceptors (Lipinski definition) is 7. The van der Waals surface area contributed by atoms with E-state index in [1.54, 1.807) is 10.9 Å². The number of aromatic nitrogens is 4. The van der Waals surface area contributed by atoms with Gasteiger partial charge in [-0.15, -0.1) is 11.8 Å². The van der Waals surface area contributed by atoms with E-state index < -0.39 is 6.04 Å². The quantitative estimate of drug-likeness (QED) is 0.916. The van der Waals surface area contributed by atoms with Gasteiger partial charge in [-0.1, -0.05) is 5.16 Å². The van der Waals surface area contributed by atoms with Crippen LogP contribution in [0.15, 0.2) is 16.9 Å². The predicted molar refractivity (Wildman–Crippen MR) is 76.1 cm³/mol. The topological polar surface area (TPSA) is 82.8 Å². The Morgan fingerprint density at radius 3 is 3.11 bits per heavy atom. The zero-order valence-corrected chi connectivity index (χ0v) is 12.2. The van der Waals surface area contributed by atoms with Crippen molar-refractivity contribution >= 4 is 23.5 Å². The van der Waals surface area contributed by atoms with E-state index in [2.05, 4.69) is 15.2 Å². The fourth-order valence-electron chi connectivity index (χ4n) is 1.88. The maximum atomic E-state index is 6.11. The van der Waals surface area contributed by atoms with Crippen LogP contribution in [0, 0.1) is 0 Å². The summed E-state index contributed by atoms with van der Waals surface area (Å²) in [7, 11) is 1.85. The molecule has 8 heteroatoms. The van der Waals surface area contributed by atoms with Crippen molar-refractivity contribution in [1.82, 2.24) is 19.9 Å². The molecule has 1 saturated heterocycles. The molecule has 3 rings (SSSR count). The Hall–Kier alpha value is -0.990. The summed E-state index contributed by atoms with van der Waals surface area (Å²) >= 11 is 3.81. The molecular formula is C11H15N5OS2. The smallest absolute Gasteiger partial charge is 0.248 e. The molecule has 0 saturated carbocycles. The molecule has 0 aliphatic carbocycles. The lowest BCUT2D eigenvalue weighted by atomic mass is 10.2. The molecule has 1 aliphatic rings. The number of rotatable bonds is 3. The van der Waals surface area contributed by atoms with Crippen LogP contribution in [0.3, 0.4) is 0 Å². The highest BCUT2D eigenvalue weighted by atomic mass is 32.2. The second kappa shape index (κ2) is 5.56. The van der Waals surface area contributed by atoms with Crippen LogP contribution in [0.25, 0.3) is 0 Å². The van der Waals surface area contributed by atoms with Crippen LogP contribution in [-0.2, 0) is 7.05 Å². The Kier molecular flexibility index (Phi) is 3.81. The van der Waals surface area contributed by atoms with E-state index in [0.717, 1.165) is 22.9 Å². The van der Waals surface area contributed by atoms with Crippen molar-refractivity contribution in [2.75, 3.05) is 17.3 Å². The summed E-state index contributed by atoms with van der Waals surface area (Å²) in [5, 5.41) is 8.48. The Balaban J connectivity index is 1.76.